The van der Waals surface area contributed by atoms with Crippen molar-refractivity contribution in [3.63, 3.8) is 0 Å². The van der Waals surface area contributed by atoms with E-state index in [2.05, 4.69) is 16.0 Å². The van der Waals surface area contributed by atoms with E-state index in [4.69, 9.17) is 16.7 Å². The van der Waals surface area contributed by atoms with E-state index in [0.717, 1.165) is 45.3 Å². The summed E-state index contributed by atoms with van der Waals surface area (Å²) in [5.41, 5.74) is 6.51. The van der Waals surface area contributed by atoms with Crippen LogP contribution >= 0.6 is 11.6 Å². The average molecular weight is 508 g/mol. The molecule has 6 rings (SSSR count). The number of hydrogen-bond donors (Lipinski definition) is 1. The van der Waals surface area contributed by atoms with E-state index in [0.29, 0.717) is 11.6 Å². The van der Waals surface area contributed by atoms with Crippen LogP contribution in [0.15, 0.2) is 97.2 Å². The molecule has 7 heteroatoms. The van der Waals surface area contributed by atoms with Gasteiger partial charge in [0.05, 0.1) is 29.7 Å². The highest BCUT2D eigenvalue weighted by molar-refractivity contribution is 6.30. The minimum atomic E-state index is -0.367. The molecule has 1 aliphatic rings. The summed E-state index contributed by atoms with van der Waals surface area (Å²) >= 11 is 6.44. The van der Waals surface area contributed by atoms with Crippen LogP contribution in [0.3, 0.4) is 0 Å². The number of para-hydroxylation sites is 2. The third-order valence-corrected chi connectivity index (χ3v) is 7.13. The second-order valence-electron chi connectivity index (χ2n) is 9.27. The second-order valence-corrected chi connectivity index (χ2v) is 9.70. The highest BCUT2D eigenvalue weighted by atomic mass is 35.5. The van der Waals surface area contributed by atoms with Crippen LogP contribution in [0, 0.1) is 13.8 Å². The molecule has 3 aromatic carbocycles. The summed E-state index contributed by atoms with van der Waals surface area (Å²) in [6, 6.07) is 29.1. The summed E-state index contributed by atoms with van der Waals surface area (Å²) in [5.74, 6) is 0.932. The zero-order chi connectivity index (χ0) is 25.5. The lowest BCUT2D eigenvalue weighted by atomic mass is 10.0. The van der Waals surface area contributed by atoms with Gasteiger partial charge in [-0.3, -0.25) is 0 Å². The summed E-state index contributed by atoms with van der Waals surface area (Å²) in [6.45, 7) is 4.37. The zero-order valence-corrected chi connectivity index (χ0v) is 21.4. The van der Waals surface area contributed by atoms with Crippen molar-refractivity contribution in [1.29, 1.82) is 0 Å². The van der Waals surface area contributed by atoms with Crippen LogP contribution < -0.4 is 5.32 Å². The first-order valence-corrected chi connectivity index (χ1v) is 12.6. The number of aryl methyl sites for hydroxylation is 2. The second kappa shape index (κ2) is 9.30. The van der Waals surface area contributed by atoms with Crippen molar-refractivity contribution in [2.45, 2.75) is 26.4 Å². The largest absolute Gasteiger partial charge is 0.322 e. The molecule has 0 radical (unpaired) electrons. The molecule has 0 spiro atoms. The predicted molar refractivity (Wildman–Crippen MR) is 147 cm³/mol. The number of urea groups is 1. The summed E-state index contributed by atoms with van der Waals surface area (Å²) in [4.78, 5) is 15.9. The van der Waals surface area contributed by atoms with Crippen molar-refractivity contribution in [3.8, 4) is 11.5 Å². The first-order valence-electron chi connectivity index (χ1n) is 12.2. The lowest BCUT2D eigenvalue weighted by molar-refractivity contribution is 0.194. The normalized spacial score (nSPS) is 14.6. The van der Waals surface area contributed by atoms with E-state index in [-0.39, 0.29) is 12.1 Å². The van der Waals surface area contributed by atoms with Crippen molar-refractivity contribution >= 4 is 23.3 Å². The van der Waals surface area contributed by atoms with Crippen molar-refractivity contribution in [2.24, 2.45) is 0 Å². The molecule has 0 saturated heterocycles. The fourth-order valence-electron chi connectivity index (χ4n) is 5.08. The number of aromatic nitrogens is 3. The maximum atomic E-state index is 14.0. The third-order valence-electron chi connectivity index (χ3n) is 6.90. The molecule has 184 valence electrons. The van der Waals surface area contributed by atoms with Crippen LogP contribution in [-0.2, 0) is 6.54 Å². The van der Waals surface area contributed by atoms with E-state index in [9.17, 15) is 4.79 Å². The molecule has 0 fully saturated rings. The lowest BCUT2D eigenvalue weighted by Gasteiger charge is -2.31. The highest BCUT2D eigenvalue weighted by Crippen LogP contribution is 2.39. The minimum Gasteiger partial charge on any atom is -0.308 e. The van der Waals surface area contributed by atoms with Gasteiger partial charge in [0, 0.05) is 22.5 Å². The van der Waals surface area contributed by atoms with Gasteiger partial charge < -0.3 is 14.8 Å². The van der Waals surface area contributed by atoms with Crippen molar-refractivity contribution < 1.29 is 4.79 Å². The number of carbonyl (C=O) groups is 1. The van der Waals surface area contributed by atoms with Crippen LogP contribution in [0.25, 0.3) is 11.5 Å². The molecule has 1 atom stereocenters. The van der Waals surface area contributed by atoms with Gasteiger partial charge in [0.1, 0.15) is 5.82 Å². The molecule has 0 bridgehead atoms. The van der Waals surface area contributed by atoms with Gasteiger partial charge in [-0.25, -0.2) is 9.48 Å². The Labute approximate surface area is 220 Å². The standard InChI is InChI=1S/C30H26ClN5O/c1-20-10-6-7-15-26(20)32-30(37)35-19-25-21(2)33-36(24-13-4-3-5-14-24)29(25)34-17-9-16-27(34)28(35)22-11-8-12-23(31)18-22/h3-18,28H,19H2,1-2H3,(H,32,37). The van der Waals surface area contributed by atoms with Crippen LogP contribution in [0.5, 0.6) is 0 Å². The Kier molecular flexibility index (Phi) is 5.81. The van der Waals surface area contributed by atoms with E-state index >= 15 is 0 Å². The third kappa shape index (κ3) is 4.09. The Bertz CT molecular complexity index is 1600. The number of hydrogen-bond acceptors (Lipinski definition) is 2. The molecule has 5 aromatic rings. The topological polar surface area (TPSA) is 55.1 Å². The number of fused-ring (bicyclic) bond motifs is 3. The molecule has 2 aromatic heterocycles. The maximum Gasteiger partial charge on any atom is 0.322 e. The molecular formula is C30H26ClN5O. The molecule has 37 heavy (non-hydrogen) atoms. The van der Waals surface area contributed by atoms with Gasteiger partial charge in [0.2, 0.25) is 0 Å². The number of benzene rings is 3. The Morgan fingerprint density at radius 1 is 0.946 bits per heavy atom. The molecule has 1 unspecified atom stereocenters. The smallest absolute Gasteiger partial charge is 0.308 e. The predicted octanol–water partition coefficient (Wildman–Crippen LogP) is 7.07. The van der Waals surface area contributed by atoms with E-state index in [1.165, 1.54) is 0 Å². The molecular weight excluding hydrogens is 482 g/mol. The summed E-state index contributed by atoms with van der Waals surface area (Å²) in [7, 11) is 0. The van der Waals surface area contributed by atoms with E-state index < -0.39 is 0 Å². The lowest BCUT2D eigenvalue weighted by Crippen LogP contribution is -2.38. The molecule has 3 heterocycles. The van der Waals surface area contributed by atoms with Crippen molar-refractivity contribution in [2.75, 3.05) is 5.32 Å². The molecule has 1 aliphatic heterocycles. The number of anilines is 1. The Balaban J connectivity index is 1.55. The average Bonchev–Trinajstić information content (AvgIpc) is 3.46. The minimum absolute atomic E-state index is 0.188. The fraction of sp³-hybridized carbons (Fsp3) is 0.133. The van der Waals surface area contributed by atoms with Gasteiger partial charge in [0.15, 0.2) is 0 Å². The van der Waals surface area contributed by atoms with Gasteiger partial charge >= 0.3 is 6.03 Å². The van der Waals surface area contributed by atoms with E-state index in [1.54, 1.807) is 0 Å². The SMILES string of the molecule is Cc1ccccc1NC(=O)N1Cc2c(C)nn(-c3ccccc3)c2-n2cccc2C1c1cccc(Cl)c1. The number of nitrogens with one attached hydrogen (secondary N) is 1. The number of nitrogens with zero attached hydrogens (tertiary/aromatic N) is 4. The Hall–Kier alpha value is -4.29. The van der Waals surface area contributed by atoms with E-state index in [1.807, 2.05) is 115 Å². The Morgan fingerprint density at radius 3 is 2.51 bits per heavy atom. The maximum absolute atomic E-state index is 14.0. The van der Waals surface area contributed by atoms with Crippen LogP contribution in [0.1, 0.15) is 34.1 Å². The molecule has 1 N–H and O–H groups in total. The zero-order valence-electron chi connectivity index (χ0n) is 20.6. The monoisotopic (exact) mass is 507 g/mol. The van der Waals surface area contributed by atoms with Crippen LogP contribution in [0.4, 0.5) is 10.5 Å². The van der Waals surface area contributed by atoms with Gasteiger partial charge in [-0.15, -0.1) is 0 Å². The first-order chi connectivity index (χ1) is 18.0. The van der Waals surface area contributed by atoms with Gasteiger partial charge in [-0.05, 0) is 67.4 Å². The van der Waals surface area contributed by atoms with Gasteiger partial charge in [-0.2, -0.15) is 5.10 Å². The number of carbonyl (C=O) groups excluding carboxylic acids is 1. The van der Waals surface area contributed by atoms with Crippen molar-refractivity contribution in [1.82, 2.24) is 19.2 Å². The molecule has 6 nitrogen and oxygen atoms in total. The van der Waals surface area contributed by atoms with Crippen LogP contribution in [-0.4, -0.2) is 25.3 Å². The van der Waals surface area contributed by atoms with Gasteiger partial charge in [0.25, 0.3) is 0 Å². The number of rotatable bonds is 3. The van der Waals surface area contributed by atoms with Crippen LogP contribution in [0.2, 0.25) is 5.02 Å². The van der Waals surface area contributed by atoms with Gasteiger partial charge in [-0.1, -0.05) is 60.1 Å². The molecule has 2 amide bonds. The Morgan fingerprint density at radius 2 is 1.73 bits per heavy atom. The fourth-order valence-corrected chi connectivity index (χ4v) is 5.28. The molecule has 0 saturated carbocycles. The van der Waals surface area contributed by atoms with Crippen molar-refractivity contribution in [3.05, 3.63) is 130 Å². The molecule has 0 aliphatic carbocycles. The summed E-state index contributed by atoms with van der Waals surface area (Å²) < 4.78 is 4.11. The first kappa shape index (κ1) is 23.1. The summed E-state index contributed by atoms with van der Waals surface area (Å²) in [5, 5.41) is 8.68. The summed E-state index contributed by atoms with van der Waals surface area (Å²) in [6.07, 6.45) is 2.04. The quantitative estimate of drug-likeness (QED) is 0.284. The number of amides is 2. The highest BCUT2D eigenvalue weighted by Gasteiger charge is 2.36. The number of halogens is 1.